The Labute approximate surface area is 168 Å². The average molecular weight is 410 g/mol. The van der Waals surface area contributed by atoms with Gasteiger partial charge in [-0.3, -0.25) is 20.1 Å². The number of pyridine rings is 2. The summed E-state index contributed by atoms with van der Waals surface area (Å²) in [5.74, 6) is -1.06. The number of halogens is 1. The van der Waals surface area contributed by atoms with Crippen molar-refractivity contribution < 1.29 is 19.4 Å². The number of aromatic nitrogens is 3. The van der Waals surface area contributed by atoms with Crippen molar-refractivity contribution in [1.82, 2.24) is 15.0 Å². The lowest BCUT2D eigenvalue weighted by Crippen LogP contribution is -2.12. The predicted molar refractivity (Wildman–Crippen MR) is 107 cm³/mol. The minimum Gasteiger partial charge on any atom is -0.393 e. The van der Waals surface area contributed by atoms with Gasteiger partial charge in [0.1, 0.15) is 11.8 Å². The number of hydrogen-bond donors (Lipinski definition) is 3. The molecule has 0 saturated heterocycles. The molecule has 0 spiro atoms. The van der Waals surface area contributed by atoms with E-state index >= 15 is 0 Å². The van der Waals surface area contributed by atoms with Crippen molar-refractivity contribution in [2.24, 2.45) is 0 Å². The Balaban J connectivity index is 1.52. The van der Waals surface area contributed by atoms with Gasteiger partial charge in [-0.2, -0.15) is 0 Å². The average Bonchev–Trinajstić information content (AvgIpc) is 3.15. The van der Waals surface area contributed by atoms with E-state index in [9.17, 15) is 14.3 Å². The van der Waals surface area contributed by atoms with E-state index in [1.807, 2.05) is 24.3 Å². The lowest BCUT2D eigenvalue weighted by atomic mass is 10.1. The first-order chi connectivity index (χ1) is 14.0. The van der Waals surface area contributed by atoms with Crippen LogP contribution in [0.15, 0.2) is 54.9 Å². The Hall–Kier alpha value is -3.27. The highest BCUT2D eigenvalue weighted by Crippen LogP contribution is 2.26. The van der Waals surface area contributed by atoms with Crippen molar-refractivity contribution in [3.8, 4) is 11.4 Å². The normalized spacial score (nSPS) is 12.1. The van der Waals surface area contributed by atoms with Crippen molar-refractivity contribution in [2.45, 2.75) is 6.10 Å². The SMILES string of the molecule is O=C(Nc1nc2ccccc2s1)c1ccc(-c2ncc([C@H](O)CO)cc2F)nc1. The van der Waals surface area contributed by atoms with E-state index in [-0.39, 0.29) is 22.9 Å². The number of amides is 1. The molecule has 9 heteroatoms. The lowest BCUT2D eigenvalue weighted by Gasteiger charge is -2.09. The summed E-state index contributed by atoms with van der Waals surface area (Å²) >= 11 is 1.37. The molecule has 0 aliphatic heterocycles. The highest BCUT2D eigenvalue weighted by Gasteiger charge is 2.15. The van der Waals surface area contributed by atoms with Crippen LogP contribution in [-0.2, 0) is 0 Å². The van der Waals surface area contributed by atoms with Gasteiger partial charge in [-0.1, -0.05) is 23.5 Å². The standard InChI is InChI=1S/C20H15FN4O3S/c21-13-7-12(16(27)10-26)9-23-18(13)15-6-5-11(8-22-15)19(28)25-20-24-14-3-1-2-4-17(14)29-20/h1-9,16,26-27H,10H2,(H,24,25,28)/t16-/m1/s1. The second-order valence-electron chi connectivity index (χ2n) is 6.17. The highest BCUT2D eigenvalue weighted by atomic mass is 32.1. The van der Waals surface area contributed by atoms with Crippen LogP contribution >= 0.6 is 11.3 Å². The first-order valence-electron chi connectivity index (χ1n) is 8.63. The first kappa shape index (κ1) is 19.1. The van der Waals surface area contributed by atoms with Crippen LogP contribution in [0.3, 0.4) is 0 Å². The van der Waals surface area contributed by atoms with E-state index in [2.05, 4.69) is 20.3 Å². The molecule has 0 unspecified atom stereocenters. The summed E-state index contributed by atoms with van der Waals surface area (Å²) < 4.78 is 15.3. The fraction of sp³-hybridized carbons (Fsp3) is 0.100. The van der Waals surface area contributed by atoms with Gasteiger partial charge in [0.25, 0.3) is 5.91 Å². The Bertz CT molecular complexity index is 1150. The number of nitrogens with one attached hydrogen (secondary N) is 1. The third-order valence-corrected chi connectivity index (χ3v) is 5.15. The summed E-state index contributed by atoms with van der Waals surface area (Å²) in [5.41, 5.74) is 1.49. The Kier molecular flexibility index (Phi) is 5.26. The van der Waals surface area contributed by atoms with Gasteiger partial charge in [0, 0.05) is 18.0 Å². The molecule has 4 rings (SSSR count). The fourth-order valence-electron chi connectivity index (χ4n) is 2.69. The van der Waals surface area contributed by atoms with Gasteiger partial charge < -0.3 is 10.2 Å². The molecule has 3 aromatic heterocycles. The van der Waals surface area contributed by atoms with Crippen LogP contribution < -0.4 is 5.32 Å². The van der Waals surface area contributed by atoms with Crippen molar-refractivity contribution in [3.05, 3.63) is 71.8 Å². The molecule has 146 valence electrons. The number of thiazole rings is 1. The molecule has 1 atom stereocenters. The maximum atomic E-state index is 14.3. The number of rotatable bonds is 5. The maximum absolute atomic E-state index is 14.3. The van der Waals surface area contributed by atoms with Gasteiger partial charge in [0.15, 0.2) is 10.9 Å². The number of aliphatic hydroxyl groups excluding tert-OH is 2. The molecule has 29 heavy (non-hydrogen) atoms. The molecule has 7 nitrogen and oxygen atoms in total. The van der Waals surface area contributed by atoms with Gasteiger partial charge in [0.2, 0.25) is 0 Å². The number of anilines is 1. The largest absolute Gasteiger partial charge is 0.393 e. The van der Waals surface area contributed by atoms with Gasteiger partial charge >= 0.3 is 0 Å². The van der Waals surface area contributed by atoms with E-state index in [1.165, 1.54) is 35.9 Å². The van der Waals surface area contributed by atoms with Gasteiger partial charge in [-0.15, -0.1) is 0 Å². The summed E-state index contributed by atoms with van der Waals surface area (Å²) in [7, 11) is 0. The Morgan fingerprint density at radius 2 is 2.00 bits per heavy atom. The molecule has 0 aliphatic carbocycles. The quantitative estimate of drug-likeness (QED) is 0.466. The second kappa shape index (κ2) is 8.00. The number of para-hydroxylation sites is 1. The zero-order valence-electron chi connectivity index (χ0n) is 14.9. The molecule has 3 heterocycles. The first-order valence-corrected chi connectivity index (χ1v) is 9.44. The molecule has 0 saturated carbocycles. The number of nitrogens with zero attached hydrogens (tertiary/aromatic N) is 3. The number of fused-ring (bicyclic) bond motifs is 1. The minimum atomic E-state index is -1.20. The van der Waals surface area contributed by atoms with E-state index in [0.717, 1.165) is 16.3 Å². The van der Waals surface area contributed by atoms with Crippen molar-refractivity contribution in [1.29, 1.82) is 0 Å². The molecule has 0 radical (unpaired) electrons. The molecule has 1 aromatic carbocycles. The van der Waals surface area contributed by atoms with Gasteiger partial charge in [0.05, 0.1) is 28.1 Å². The van der Waals surface area contributed by atoms with Crippen LogP contribution in [0.1, 0.15) is 22.0 Å². The molecular formula is C20H15FN4O3S. The molecular weight excluding hydrogens is 395 g/mol. The van der Waals surface area contributed by atoms with Crippen molar-refractivity contribution in [3.63, 3.8) is 0 Å². The minimum absolute atomic E-state index is 0.0166. The van der Waals surface area contributed by atoms with Crippen LogP contribution in [0.25, 0.3) is 21.6 Å². The maximum Gasteiger partial charge on any atom is 0.259 e. The molecule has 0 bridgehead atoms. The Morgan fingerprint density at radius 1 is 1.17 bits per heavy atom. The van der Waals surface area contributed by atoms with Crippen LogP contribution in [0.4, 0.5) is 9.52 Å². The number of benzene rings is 1. The Morgan fingerprint density at radius 3 is 2.69 bits per heavy atom. The van der Waals surface area contributed by atoms with E-state index < -0.39 is 18.5 Å². The van der Waals surface area contributed by atoms with E-state index in [0.29, 0.717) is 10.7 Å². The van der Waals surface area contributed by atoms with E-state index in [1.54, 1.807) is 0 Å². The molecule has 1 amide bonds. The lowest BCUT2D eigenvalue weighted by molar-refractivity contribution is 0.0951. The predicted octanol–water partition coefficient (Wildman–Crippen LogP) is 3.17. The van der Waals surface area contributed by atoms with Gasteiger partial charge in [-0.05, 0) is 30.3 Å². The molecule has 4 aromatic rings. The third kappa shape index (κ3) is 3.97. The van der Waals surface area contributed by atoms with Crippen LogP contribution in [0.2, 0.25) is 0 Å². The zero-order chi connectivity index (χ0) is 20.4. The molecule has 0 aliphatic rings. The number of carbonyl (C=O) groups is 1. The topological polar surface area (TPSA) is 108 Å². The van der Waals surface area contributed by atoms with Crippen LogP contribution in [0.5, 0.6) is 0 Å². The second-order valence-corrected chi connectivity index (χ2v) is 7.20. The summed E-state index contributed by atoms with van der Waals surface area (Å²) in [6.45, 7) is -0.531. The monoisotopic (exact) mass is 410 g/mol. The summed E-state index contributed by atoms with van der Waals surface area (Å²) in [5, 5.41) is 21.7. The highest BCUT2D eigenvalue weighted by molar-refractivity contribution is 7.22. The third-order valence-electron chi connectivity index (χ3n) is 4.20. The van der Waals surface area contributed by atoms with Crippen molar-refractivity contribution >= 4 is 32.6 Å². The van der Waals surface area contributed by atoms with Gasteiger partial charge in [-0.25, -0.2) is 9.37 Å². The van der Waals surface area contributed by atoms with E-state index in [4.69, 9.17) is 5.11 Å². The van der Waals surface area contributed by atoms with Crippen LogP contribution in [-0.4, -0.2) is 37.7 Å². The molecule has 3 N–H and O–H groups in total. The molecule has 0 fully saturated rings. The summed E-state index contributed by atoms with van der Waals surface area (Å²) in [4.78, 5) is 24.9. The van der Waals surface area contributed by atoms with Crippen molar-refractivity contribution in [2.75, 3.05) is 11.9 Å². The summed E-state index contributed by atoms with van der Waals surface area (Å²) in [6.07, 6.45) is 1.40. The number of carbonyl (C=O) groups excluding carboxylic acids is 1. The zero-order valence-corrected chi connectivity index (χ0v) is 15.7. The smallest absolute Gasteiger partial charge is 0.259 e. The number of hydrogen-bond acceptors (Lipinski definition) is 7. The fourth-order valence-corrected chi connectivity index (χ4v) is 3.55. The number of aliphatic hydroxyl groups is 2. The summed E-state index contributed by atoms with van der Waals surface area (Å²) in [6, 6.07) is 11.7. The van der Waals surface area contributed by atoms with Crippen LogP contribution in [0, 0.1) is 5.82 Å².